The Morgan fingerprint density at radius 3 is 2.15 bits per heavy atom. The molecule has 10 nitrogen and oxygen atoms in total. The molecule has 1 aromatic carbocycles. The third-order valence-electron chi connectivity index (χ3n) is 4.77. The number of halogens is 3. The maximum Gasteiger partial charge on any atom is 0.303 e. The van der Waals surface area contributed by atoms with Crippen molar-refractivity contribution in [2.24, 2.45) is 0 Å². The number of hydrogen-bond donors (Lipinski definition) is 1. The van der Waals surface area contributed by atoms with Crippen LogP contribution in [-0.4, -0.2) is 66.1 Å². The lowest BCUT2D eigenvalue weighted by Crippen LogP contribution is -2.64. The zero-order valence-corrected chi connectivity index (χ0v) is 20.1. The lowest BCUT2D eigenvalue weighted by atomic mass is 9.97. The summed E-state index contributed by atoms with van der Waals surface area (Å²) in [5.74, 6) is -1.50. The smallest absolute Gasteiger partial charge is 0.303 e. The molecule has 0 amide bonds. The van der Waals surface area contributed by atoms with Crippen LogP contribution in [0.25, 0.3) is 0 Å². The van der Waals surface area contributed by atoms with Crippen LogP contribution in [0.3, 0.4) is 0 Å². The molecule has 13 heteroatoms. The van der Waals surface area contributed by atoms with Gasteiger partial charge in [0.25, 0.3) is 3.79 Å². The standard InChI is InChI=1S/C20H22Cl3NO9/c1-9(25)29-15-14-13(8-28-17(32-14)11-4-6-12(27-3)7-5-11)31-18(16(15)30-10(2)26)33-19(24)20(21,22)23/h4-7,13-18,24H,8H2,1-3H3/t13-,14-,15+,16-,17-,18?/m1/s1. The number of carbonyl (C=O) groups excluding carboxylic acids is 2. The summed E-state index contributed by atoms with van der Waals surface area (Å²) < 4.78 is 36.7. The number of hydrogen-bond acceptors (Lipinski definition) is 10. The molecule has 3 rings (SSSR count). The number of nitrogens with one attached hydrogen (secondary N) is 1. The SMILES string of the molecule is COc1ccc([C@@H]2OC[C@H]3OC(OC(=N)C(Cl)(Cl)Cl)[C@H](OC(C)=O)[C@@H](OC(C)=O)[C@@H]3O2)cc1. The van der Waals surface area contributed by atoms with Crippen molar-refractivity contribution < 1.29 is 42.7 Å². The van der Waals surface area contributed by atoms with E-state index >= 15 is 0 Å². The van der Waals surface area contributed by atoms with Gasteiger partial charge in [0.05, 0.1) is 13.7 Å². The number of esters is 2. The molecular formula is C20H22Cl3NO9. The van der Waals surface area contributed by atoms with Gasteiger partial charge in [-0.15, -0.1) is 0 Å². The lowest BCUT2D eigenvalue weighted by molar-refractivity contribution is -0.353. The second kappa shape index (κ2) is 10.6. The van der Waals surface area contributed by atoms with Gasteiger partial charge in [-0.3, -0.25) is 15.0 Å². The molecule has 0 saturated carbocycles. The van der Waals surface area contributed by atoms with Gasteiger partial charge in [-0.25, -0.2) is 0 Å². The minimum Gasteiger partial charge on any atom is -0.497 e. The Morgan fingerprint density at radius 2 is 1.61 bits per heavy atom. The Kier molecular flexibility index (Phi) is 8.31. The molecule has 1 aromatic rings. The van der Waals surface area contributed by atoms with Crippen molar-refractivity contribution in [3.8, 4) is 5.75 Å². The fourth-order valence-electron chi connectivity index (χ4n) is 3.40. The number of alkyl halides is 3. The zero-order valence-electron chi connectivity index (χ0n) is 17.8. The molecule has 0 bridgehead atoms. The monoisotopic (exact) mass is 525 g/mol. The first-order valence-corrected chi connectivity index (χ1v) is 10.9. The molecule has 2 aliphatic rings. The number of rotatable bonds is 5. The van der Waals surface area contributed by atoms with E-state index in [1.165, 1.54) is 6.92 Å². The topological polar surface area (TPSA) is 123 Å². The molecule has 1 unspecified atom stereocenters. The van der Waals surface area contributed by atoms with Crippen molar-refractivity contribution >= 4 is 52.6 Å². The van der Waals surface area contributed by atoms with Crippen molar-refractivity contribution in [2.75, 3.05) is 13.7 Å². The number of methoxy groups -OCH3 is 1. The number of ether oxygens (including phenoxy) is 7. The van der Waals surface area contributed by atoms with Gasteiger partial charge in [-0.2, -0.15) is 0 Å². The van der Waals surface area contributed by atoms with E-state index in [1.54, 1.807) is 31.4 Å². The van der Waals surface area contributed by atoms with E-state index in [0.29, 0.717) is 11.3 Å². The molecule has 2 heterocycles. The Bertz CT molecular complexity index is 877. The summed E-state index contributed by atoms with van der Waals surface area (Å²) in [5.41, 5.74) is 0.677. The highest BCUT2D eigenvalue weighted by Crippen LogP contribution is 2.38. The molecule has 2 saturated heterocycles. The van der Waals surface area contributed by atoms with E-state index in [4.69, 9.17) is 73.4 Å². The van der Waals surface area contributed by atoms with Crippen molar-refractivity contribution in [1.82, 2.24) is 0 Å². The zero-order chi connectivity index (χ0) is 24.3. The summed E-state index contributed by atoms with van der Waals surface area (Å²) in [7, 11) is 1.55. The Hall–Kier alpha value is -1.82. The van der Waals surface area contributed by atoms with E-state index in [1.807, 2.05) is 0 Å². The van der Waals surface area contributed by atoms with E-state index in [-0.39, 0.29) is 6.61 Å². The fourth-order valence-corrected chi connectivity index (χ4v) is 3.53. The van der Waals surface area contributed by atoms with Crippen LogP contribution in [0.4, 0.5) is 0 Å². The highest BCUT2D eigenvalue weighted by molar-refractivity contribution is 6.76. The van der Waals surface area contributed by atoms with E-state index in [2.05, 4.69) is 0 Å². The largest absolute Gasteiger partial charge is 0.497 e. The van der Waals surface area contributed by atoms with Gasteiger partial charge in [0, 0.05) is 19.4 Å². The molecule has 2 fully saturated rings. The second-order valence-corrected chi connectivity index (χ2v) is 9.46. The van der Waals surface area contributed by atoms with Crippen molar-refractivity contribution in [3.63, 3.8) is 0 Å². The average molecular weight is 527 g/mol. The van der Waals surface area contributed by atoms with Crippen LogP contribution < -0.4 is 4.74 Å². The Labute approximate surface area is 204 Å². The van der Waals surface area contributed by atoms with Crippen LogP contribution in [0, 0.1) is 5.41 Å². The molecule has 0 aromatic heterocycles. The van der Waals surface area contributed by atoms with Crippen molar-refractivity contribution in [1.29, 1.82) is 5.41 Å². The average Bonchev–Trinajstić information content (AvgIpc) is 2.74. The van der Waals surface area contributed by atoms with Crippen LogP contribution in [0.5, 0.6) is 5.75 Å². The third-order valence-corrected chi connectivity index (χ3v) is 5.28. The van der Waals surface area contributed by atoms with Gasteiger partial charge >= 0.3 is 11.9 Å². The summed E-state index contributed by atoms with van der Waals surface area (Å²) in [6.07, 6.45) is -6.47. The fraction of sp³-hybridized carbons (Fsp3) is 0.550. The molecular weight excluding hydrogens is 505 g/mol. The van der Waals surface area contributed by atoms with E-state index in [0.717, 1.165) is 6.92 Å². The lowest BCUT2D eigenvalue weighted by Gasteiger charge is -2.47. The molecule has 182 valence electrons. The van der Waals surface area contributed by atoms with Gasteiger partial charge in [-0.1, -0.05) is 46.9 Å². The quantitative estimate of drug-likeness (QED) is 0.267. The van der Waals surface area contributed by atoms with Crippen LogP contribution >= 0.6 is 34.8 Å². The first-order valence-electron chi connectivity index (χ1n) is 9.73. The maximum absolute atomic E-state index is 11.9. The highest BCUT2D eigenvalue weighted by atomic mass is 35.6. The molecule has 0 aliphatic carbocycles. The van der Waals surface area contributed by atoms with Gasteiger partial charge in [0.15, 0.2) is 12.4 Å². The first kappa shape index (κ1) is 25.8. The number of fused-ring (bicyclic) bond motifs is 1. The summed E-state index contributed by atoms with van der Waals surface area (Å²) in [6.45, 7) is 2.35. The molecule has 6 atom stereocenters. The summed E-state index contributed by atoms with van der Waals surface area (Å²) in [4.78, 5) is 23.7. The molecule has 0 radical (unpaired) electrons. The van der Waals surface area contributed by atoms with Crippen LogP contribution in [0.2, 0.25) is 0 Å². The van der Waals surface area contributed by atoms with Crippen LogP contribution in [-0.2, 0) is 38.0 Å². The molecule has 33 heavy (non-hydrogen) atoms. The molecule has 1 N–H and O–H groups in total. The Morgan fingerprint density at radius 1 is 1.00 bits per heavy atom. The summed E-state index contributed by atoms with van der Waals surface area (Å²) in [6, 6.07) is 6.99. The van der Waals surface area contributed by atoms with Gasteiger partial charge in [-0.05, 0) is 12.1 Å². The first-order chi connectivity index (χ1) is 15.5. The van der Waals surface area contributed by atoms with Crippen LogP contribution in [0.1, 0.15) is 25.7 Å². The summed E-state index contributed by atoms with van der Waals surface area (Å²) >= 11 is 17.1. The molecule has 0 spiro atoms. The second-order valence-electron chi connectivity index (χ2n) is 7.17. The predicted octanol–water partition coefficient (Wildman–Crippen LogP) is 3.06. The van der Waals surface area contributed by atoms with Gasteiger partial charge in [0.2, 0.25) is 18.3 Å². The maximum atomic E-state index is 11.9. The number of carbonyl (C=O) groups is 2. The predicted molar refractivity (Wildman–Crippen MR) is 115 cm³/mol. The van der Waals surface area contributed by atoms with Crippen molar-refractivity contribution in [3.05, 3.63) is 29.8 Å². The Balaban J connectivity index is 1.88. The minimum absolute atomic E-state index is 0.00683. The van der Waals surface area contributed by atoms with Crippen molar-refractivity contribution in [2.45, 2.75) is 54.6 Å². The normalized spacial score (nSPS) is 29.4. The van der Waals surface area contributed by atoms with Crippen LogP contribution in [0.15, 0.2) is 24.3 Å². The van der Waals surface area contributed by atoms with Gasteiger partial charge in [0.1, 0.15) is 18.0 Å². The molecule has 2 aliphatic heterocycles. The third kappa shape index (κ3) is 6.40. The minimum atomic E-state index is -2.20. The van der Waals surface area contributed by atoms with E-state index in [9.17, 15) is 9.59 Å². The number of benzene rings is 1. The van der Waals surface area contributed by atoms with Gasteiger partial charge < -0.3 is 33.2 Å². The van der Waals surface area contributed by atoms with E-state index < -0.39 is 58.6 Å². The summed E-state index contributed by atoms with van der Waals surface area (Å²) in [5, 5.41) is 7.85. The highest BCUT2D eigenvalue weighted by Gasteiger charge is 2.55.